The number of carbonyl (C=O) groups is 3. The topological polar surface area (TPSA) is 82.1 Å². The maximum Gasteiger partial charge on any atom is 0.414 e. The Morgan fingerprint density at radius 2 is 1.85 bits per heavy atom. The maximum atomic E-state index is 12.3. The summed E-state index contributed by atoms with van der Waals surface area (Å²) in [5, 5.41) is 0. The van der Waals surface area contributed by atoms with E-state index in [1.807, 2.05) is 30.3 Å². The molecule has 1 heterocycles. The van der Waals surface area contributed by atoms with Crippen molar-refractivity contribution in [2.75, 3.05) is 13.2 Å². The molecule has 26 heavy (non-hydrogen) atoms. The summed E-state index contributed by atoms with van der Waals surface area (Å²) in [4.78, 5) is 37.5. The minimum absolute atomic E-state index is 0.00711. The van der Waals surface area contributed by atoms with Crippen LogP contribution in [0.2, 0.25) is 0 Å². The molecular weight excluding hydrogens is 338 g/mol. The summed E-state index contributed by atoms with van der Waals surface area (Å²) in [6.45, 7) is 5.36. The smallest absolute Gasteiger partial charge is 0.414 e. The Hall–Kier alpha value is -2.83. The molecule has 0 fully saturated rings. The summed E-state index contributed by atoms with van der Waals surface area (Å²) in [5.41, 5.74) is 0.845. The van der Waals surface area contributed by atoms with Crippen molar-refractivity contribution in [1.29, 1.82) is 0 Å². The van der Waals surface area contributed by atoms with E-state index in [1.165, 1.54) is 11.1 Å². The lowest BCUT2D eigenvalue weighted by Gasteiger charge is -2.16. The zero-order chi connectivity index (χ0) is 19.1. The van der Waals surface area contributed by atoms with Gasteiger partial charge in [0.15, 0.2) is 0 Å². The fourth-order valence-corrected chi connectivity index (χ4v) is 2.28. The Morgan fingerprint density at radius 1 is 1.15 bits per heavy atom. The van der Waals surface area contributed by atoms with E-state index in [4.69, 9.17) is 14.2 Å². The zero-order valence-corrected chi connectivity index (χ0v) is 15.1. The molecule has 2 rings (SSSR count). The van der Waals surface area contributed by atoms with Gasteiger partial charge in [0, 0.05) is 12.7 Å². The Balaban J connectivity index is 2.05. The first-order chi connectivity index (χ1) is 12.4. The van der Waals surface area contributed by atoms with Gasteiger partial charge in [-0.05, 0) is 12.5 Å². The van der Waals surface area contributed by atoms with Gasteiger partial charge in [-0.3, -0.25) is 14.5 Å². The number of ether oxygens (including phenoxy) is 3. The molecule has 1 aromatic rings. The Labute approximate surface area is 152 Å². The number of hydrogen-bond acceptors (Lipinski definition) is 6. The quantitative estimate of drug-likeness (QED) is 0.572. The average molecular weight is 361 g/mol. The lowest BCUT2D eigenvalue weighted by molar-refractivity contribution is -0.150. The number of carbonyl (C=O) groups excluding carboxylic acids is 3. The first-order valence-corrected chi connectivity index (χ1v) is 8.49. The highest BCUT2D eigenvalue weighted by Gasteiger charge is 2.38. The highest BCUT2D eigenvalue weighted by atomic mass is 16.6. The number of amides is 1. The van der Waals surface area contributed by atoms with E-state index in [0.29, 0.717) is 0 Å². The van der Waals surface area contributed by atoms with E-state index in [-0.39, 0.29) is 31.4 Å². The highest BCUT2D eigenvalue weighted by molar-refractivity contribution is 5.81. The van der Waals surface area contributed by atoms with Crippen molar-refractivity contribution >= 4 is 18.0 Å². The van der Waals surface area contributed by atoms with Crippen LogP contribution < -0.4 is 0 Å². The molecule has 0 radical (unpaired) electrons. The fraction of sp³-hybridized carbons (Fsp3) is 0.421. The second-order valence-electron chi connectivity index (χ2n) is 6.10. The SMILES string of the molecule is CCOC(=O)C1CN(C(=O)OCc2ccccc2)C=C1OC(=O)C(C)C. The number of nitrogens with zero attached hydrogens (tertiary/aromatic N) is 1. The second-order valence-corrected chi connectivity index (χ2v) is 6.10. The molecule has 1 aliphatic heterocycles. The van der Waals surface area contributed by atoms with Crippen LogP contribution in [0.3, 0.4) is 0 Å². The molecule has 7 nitrogen and oxygen atoms in total. The van der Waals surface area contributed by atoms with Gasteiger partial charge >= 0.3 is 18.0 Å². The predicted molar refractivity (Wildman–Crippen MR) is 92.5 cm³/mol. The predicted octanol–water partition coefficient (Wildman–Crippen LogP) is 2.86. The van der Waals surface area contributed by atoms with Crippen molar-refractivity contribution in [3.05, 3.63) is 47.9 Å². The Kier molecular flexibility index (Phi) is 6.77. The lowest BCUT2D eigenvalue weighted by atomic mass is 10.1. The summed E-state index contributed by atoms with van der Waals surface area (Å²) >= 11 is 0. The van der Waals surface area contributed by atoms with Crippen molar-refractivity contribution in [3.63, 3.8) is 0 Å². The van der Waals surface area contributed by atoms with Crippen LogP contribution in [0.25, 0.3) is 0 Å². The molecule has 0 bridgehead atoms. The number of esters is 2. The third-order valence-electron chi connectivity index (χ3n) is 3.71. The van der Waals surface area contributed by atoms with E-state index < -0.39 is 23.9 Å². The van der Waals surface area contributed by atoms with E-state index in [0.717, 1.165) is 5.56 Å². The summed E-state index contributed by atoms with van der Waals surface area (Å²) in [5.74, 6) is -2.14. The van der Waals surface area contributed by atoms with Gasteiger partial charge in [0.05, 0.1) is 12.5 Å². The summed E-state index contributed by atoms with van der Waals surface area (Å²) < 4.78 is 15.5. The van der Waals surface area contributed by atoms with Crippen molar-refractivity contribution in [1.82, 2.24) is 4.90 Å². The van der Waals surface area contributed by atoms with Crippen molar-refractivity contribution in [2.24, 2.45) is 11.8 Å². The molecule has 1 atom stereocenters. The minimum Gasteiger partial charge on any atom is -0.465 e. The van der Waals surface area contributed by atoms with Crippen molar-refractivity contribution in [2.45, 2.75) is 27.4 Å². The summed E-state index contributed by atoms with van der Waals surface area (Å²) in [6, 6.07) is 9.24. The lowest BCUT2D eigenvalue weighted by Crippen LogP contribution is -2.31. The normalized spacial score (nSPS) is 16.2. The highest BCUT2D eigenvalue weighted by Crippen LogP contribution is 2.26. The molecule has 0 spiro atoms. The third kappa shape index (κ3) is 5.08. The maximum absolute atomic E-state index is 12.3. The molecule has 1 aliphatic rings. The van der Waals surface area contributed by atoms with Gasteiger partial charge in [-0.25, -0.2) is 4.79 Å². The van der Waals surface area contributed by atoms with Crippen molar-refractivity contribution < 1.29 is 28.6 Å². The van der Waals surface area contributed by atoms with Gasteiger partial charge in [-0.1, -0.05) is 44.2 Å². The third-order valence-corrected chi connectivity index (χ3v) is 3.71. The fourth-order valence-electron chi connectivity index (χ4n) is 2.28. The van der Waals surface area contributed by atoms with Gasteiger partial charge in [0.25, 0.3) is 0 Å². The van der Waals surface area contributed by atoms with Gasteiger partial charge in [0.2, 0.25) is 0 Å². The molecule has 0 aliphatic carbocycles. The largest absolute Gasteiger partial charge is 0.465 e. The van der Waals surface area contributed by atoms with Crippen LogP contribution in [0.15, 0.2) is 42.3 Å². The number of rotatable bonds is 6. The zero-order valence-electron chi connectivity index (χ0n) is 15.1. The van der Waals surface area contributed by atoms with E-state index >= 15 is 0 Å². The molecule has 0 N–H and O–H groups in total. The standard InChI is InChI=1S/C19H23NO6/c1-4-24-18(22)15-10-20(11-16(15)26-17(21)13(2)3)19(23)25-12-14-8-6-5-7-9-14/h5-9,11,13,15H,4,10,12H2,1-3H3. The molecule has 0 aromatic heterocycles. The van der Waals surface area contributed by atoms with Crippen LogP contribution >= 0.6 is 0 Å². The summed E-state index contributed by atoms with van der Waals surface area (Å²) in [6.07, 6.45) is 0.702. The van der Waals surface area contributed by atoms with Gasteiger partial charge < -0.3 is 14.2 Å². The van der Waals surface area contributed by atoms with Crippen LogP contribution in [0.5, 0.6) is 0 Å². The second kappa shape index (κ2) is 9.03. The summed E-state index contributed by atoms with van der Waals surface area (Å²) in [7, 11) is 0. The van der Waals surface area contributed by atoms with E-state index in [2.05, 4.69) is 0 Å². The molecule has 1 unspecified atom stereocenters. The van der Waals surface area contributed by atoms with E-state index in [9.17, 15) is 14.4 Å². The number of hydrogen-bond donors (Lipinski definition) is 0. The van der Waals surface area contributed by atoms with Crippen LogP contribution in [0.1, 0.15) is 26.3 Å². The first kappa shape index (κ1) is 19.5. The van der Waals surface area contributed by atoms with Crippen LogP contribution in [0.4, 0.5) is 4.79 Å². The first-order valence-electron chi connectivity index (χ1n) is 8.49. The minimum atomic E-state index is -0.845. The molecule has 1 aromatic carbocycles. The van der Waals surface area contributed by atoms with Crippen molar-refractivity contribution in [3.8, 4) is 0 Å². The van der Waals surface area contributed by atoms with Crippen LogP contribution in [-0.4, -0.2) is 36.1 Å². The molecule has 1 amide bonds. The monoisotopic (exact) mass is 361 g/mol. The molecule has 7 heteroatoms. The Bertz CT molecular complexity index is 683. The molecular formula is C19H23NO6. The molecule has 0 saturated carbocycles. The van der Waals surface area contributed by atoms with Crippen LogP contribution in [-0.2, 0) is 30.4 Å². The average Bonchev–Trinajstić information content (AvgIpc) is 3.04. The van der Waals surface area contributed by atoms with Gasteiger partial charge in [0.1, 0.15) is 18.3 Å². The van der Waals surface area contributed by atoms with E-state index in [1.54, 1.807) is 20.8 Å². The molecule has 0 saturated heterocycles. The van der Waals surface area contributed by atoms with Crippen LogP contribution in [0, 0.1) is 11.8 Å². The number of benzene rings is 1. The Morgan fingerprint density at radius 3 is 2.46 bits per heavy atom. The van der Waals surface area contributed by atoms with Gasteiger partial charge in [-0.15, -0.1) is 0 Å². The molecule has 140 valence electrons. The van der Waals surface area contributed by atoms with Gasteiger partial charge in [-0.2, -0.15) is 0 Å².